The second-order valence-electron chi connectivity index (χ2n) is 14.1. The smallest absolute Gasteiger partial charge is 0.164 e. The summed E-state index contributed by atoms with van der Waals surface area (Å²) in [6.07, 6.45) is 0. The van der Waals surface area contributed by atoms with Crippen molar-refractivity contribution >= 4 is 11.8 Å². The molecule has 4 heteroatoms. The van der Waals surface area contributed by atoms with Crippen molar-refractivity contribution in [2.24, 2.45) is 0 Å². The van der Waals surface area contributed by atoms with Gasteiger partial charge >= 0.3 is 0 Å². The van der Waals surface area contributed by atoms with Gasteiger partial charge in [-0.15, -0.1) is 0 Å². The highest BCUT2D eigenvalue weighted by molar-refractivity contribution is 7.99. The fourth-order valence-electron chi connectivity index (χ4n) is 7.73. The minimum absolute atomic E-state index is 0.119. The Kier molecular flexibility index (Phi) is 6.76. The molecule has 0 saturated carbocycles. The lowest BCUT2D eigenvalue weighted by Crippen LogP contribution is -2.23. The van der Waals surface area contributed by atoms with Crippen LogP contribution in [0.15, 0.2) is 149 Å². The first-order valence-corrected chi connectivity index (χ1v) is 17.7. The van der Waals surface area contributed by atoms with E-state index in [4.69, 9.17) is 15.0 Å². The Bertz CT molecular complexity index is 2430. The molecule has 0 saturated heterocycles. The number of aromatic nitrogens is 3. The normalized spacial score (nSPS) is 14.8. The first-order chi connectivity index (χ1) is 23.8. The molecule has 49 heavy (non-hydrogen) atoms. The van der Waals surface area contributed by atoms with Gasteiger partial charge in [-0.2, -0.15) is 0 Å². The van der Waals surface area contributed by atoms with Crippen LogP contribution in [-0.4, -0.2) is 15.0 Å². The predicted octanol–water partition coefficient (Wildman–Crippen LogP) is 11.6. The Morgan fingerprint density at radius 3 is 1.69 bits per heavy atom. The lowest BCUT2D eigenvalue weighted by molar-refractivity contribution is 0.607. The molecule has 9 rings (SSSR count). The molecule has 1 aromatic heterocycles. The van der Waals surface area contributed by atoms with Crippen LogP contribution in [0, 0.1) is 0 Å². The fraction of sp³-hybridized carbons (Fsp3) is 0.133. The Morgan fingerprint density at radius 1 is 0.367 bits per heavy atom. The van der Waals surface area contributed by atoms with Crippen LogP contribution in [0.3, 0.4) is 0 Å². The summed E-state index contributed by atoms with van der Waals surface area (Å²) >= 11 is 1.86. The van der Waals surface area contributed by atoms with E-state index in [9.17, 15) is 0 Å². The van der Waals surface area contributed by atoms with Crippen LogP contribution < -0.4 is 0 Å². The van der Waals surface area contributed by atoms with E-state index in [1.807, 2.05) is 30.0 Å². The zero-order valence-corrected chi connectivity index (χ0v) is 28.8. The molecule has 0 unspecified atom stereocenters. The highest BCUT2D eigenvalue weighted by Gasteiger charge is 2.36. The molecular formula is C45H35N3S. The van der Waals surface area contributed by atoms with Crippen LogP contribution in [0.25, 0.3) is 56.4 Å². The van der Waals surface area contributed by atoms with E-state index >= 15 is 0 Å². The van der Waals surface area contributed by atoms with Gasteiger partial charge in [0.25, 0.3) is 0 Å². The molecule has 1 aliphatic carbocycles. The molecule has 0 atom stereocenters. The maximum Gasteiger partial charge on any atom is 0.164 e. The molecular weight excluding hydrogens is 615 g/mol. The predicted molar refractivity (Wildman–Crippen MR) is 202 cm³/mol. The third kappa shape index (κ3) is 4.77. The van der Waals surface area contributed by atoms with Crippen molar-refractivity contribution in [2.45, 2.75) is 48.3 Å². The Morgan fingerprint density at radius 2 is 0.898 bits per heavy atom. The number of fused-ring (bicyclic) bond motifs is 5. The quantitative estimate of drug-likeness (QED) is 0.190. The summed E-state index contributed by atoms with van der Waals surface area (Å²) in [5, 5.41) is 0. The summed E-state index contributed by atoms with van der Waals surface area (Å²) in [6.45, 7) is 9.29. The molecule has 2 heterocycles. The van der Waals surface area contributed by atoms with Gasteiger partial charge in [0.2, 0.25) is 0 Å². The molecule has 0 amide bonds. The van der Waals surface area contributed by atoms with E-state index < -0.39 is 0 Å². The molecule has 6 aromatic carbocycles. The Balaban J connectivity index is 1.20. The van der Waals surface area contributed by atoms with Crippen LogP contribution in [0.5, 0.6) is 0 Å². The summed E-state index contributed by atoms with van der Waals surface area (Å²) in [4.78, 5) is 18.1. The zero-order valence-electron chi connectivity index (χ0n) is 28.0. The SMILES string of the molecule is CC1(C)c2ccccc2Sc2ccc(-c3ccccc3-c3nc(-c4ccccc4)nc(-c4ccc5c(c4)C(C)(C)c4ccccc4-5)n3)cc21. The summed E-state index contributed by atoms with van der Waals surface area (Å²) < 4.78 is 0. The average molecular weight is 650 g/mol. The van der Waals surface area contributed by atoms with Crippen molar-refractivity contribution in [3.63, 3.8) is 0 Å². The molecule has 3 nitrogen and oxygen atoms in total. The lowest BCUT2D eigenvalue weighted by atomic mass is 9.77. The summed E-state index contributed by atoms with van der Waals surface area (Å²) in [7, 11) is 0. The molecule has 0 fully saturated rings. The second kappa shape index (κ2) is 11.1. The largest absolute Gasteiger partial charge is 0.208 e. The van der Waals surface area contributed by atoms with Gasteiger partial charge in [0.1, 0.15) is 0 Å². The van der Waals surface area contributed by atoms with E-state index in [1.165, 1.54) is 43.2 Å². The van der Waals surface area contributed by atoms with E-state index in [-0.39, 0.29) is 10.8 Å². The van der Waals surface area contributed by atoms with Crippen molar-refractivity contribution in [1.29, 1.82) is 0 Å². The Labute approximate surface area is 292 Å². The maximum atomic E-state index is 5.23. The fourth-order valence-corrected chi connectivity index (χ4v) is 9.10. The van der Waals surface area contributed by atoms with Gasteiger partial charge in [-0.3, -0.25) is 0 Å². The molecule has 0 N–H and O–H groups in total. The highest BCUT2D eigenvalue weighted by atomic mass is 32.2. The van der Waals surface area contributed by atoms with Crippen molar-refractivity contribution < 1.29 is 0 Å². The average Bonchev–Trinajstić information content (AvgIpc) is 3.37. The second-order valence-corrected chi connectivity index (χ2v) is 15.2. The number of hydrogen-bond acceptors (Lipinski definition) is 4. The number of rotatable bonds is 4. The van der Waals surface area contributed by atoms with E-state index in [0.717, 1.165) is 27.8 Å². The first kappa shape index (κ1) is 29.8. The molecule has 236 valence electrons. The lowest BCUT2D eigenvalue weighted by Gasteiger charge is -2.35. The Hall–Kier alpha value is -5.32. The topological polar surface area (TPSA) is 38.7 Å². The van der Waals surface area contributed by atoms with Gasteiger partial charge in [0.15, 0.2) is 17.5 Å². The minimum Gasteiger partial charge on any atom is -0.208 e. The van der Waals surface area contributed by atoms with Gasteiger partial charge < -0.3 is 0 Å². The molecule has 1 aliphatic heterocycles. The summed E-state index contributed by atoms with van der Waals surface area (Å²) in [5.41, 5.74) is 12.9. The zero-order chi connectivity index (χ0) is 33.3. The van der Waals surface area contributed by atoms with E-state index in [2.05, 4.69) is 149 Å². The monoisotopic (exact) mass is 649 g/mol. The molecule has 2 aliphatic rings. The van der Waals surface area contributed by atoms with Gasteiger partial charge in [0.05, 0.1) is 0 Å². The maximum absolute atomic E-state index is 5.23. The van der Waals surface area contributed by atoms with Crippen molar-refractivity contribution in [3.8, 4) is 56.4 Å². The van der Waals surface area contributed by atoms with E-state index in [1.54, 1.807) is 0 Å². The third-order valence-corrected chi connectivity index (χ3v) is 11.6. The van der Waals surface area contributed by atoms with Gasteiger partial charge in [0, 0.05) is 37.3 Å². The van der Waals surface area contributed by atoms with Gasteiger partial charge in [-0.25, -0.2) is 15.0 Å². The van der Waals surface area contributed by atoms with Crippen molar-refractivity contribution in [3.05, 3.63) is 162 Å². The van der Waals surface area contributed by atoms with E-state index in [0.29, 0.717) is 17.5 Å². The van der Waals surface area contributed by atoms with Crippen LogP contribution in [0.1, 0.15) is 49.9 Å². The van der Waals surface area contributed by atoms with Gasteiger partial charge in [-0.1, -0.05) is 155 Å². The van der Waals surface area contributed by atoms with Gasteiger partial charge in [-0.05, 0) is 68.8 Å². The number of hydrogen-bond donors (Lipinski definition) is 0. The van der Waals surface area contributed by atoms with Crippen molar-refractivity contribution in [1.82, 2.24) is 15.0 Å². The van der Waals surface area contributed by atoms with Crippen LogP contribution in [0.4, 0.5) is 0 Å². The van der Waals surface area contributed by atoms with Crippen LogP contribution in [-0.2, 0) is 10.8 Å². The summed E-state index contributed by atoms with van der Waals surface area (Å²) in [5.74, 6) is 2.00. The molecule has 0 radical (unpaired) electrons. The first-order valence-electron chi connectivity index (χ1n) is 16.9. The third-order valence-electron chi connectivity index (χ3n) is 10.4. The van der Waals surface area contributed by atoms with Crippen LogP contribution in [0.2, 0.25) is 0 Å². The standard InChI is InChI=1S/C45H35N3S/c1-44(2)35-19-11-10-17-32(35)33-24-22-30(27-37(33)44)42-46-41(28-14-6-5-7-15-28)47-43(48-42)34-18-9-8-16-31(34)29-23-25-40-38(26-29)45(3,4)36-20-12-13-21-39(36)49-40/h5-27H,1-4H3. The molecule has 0 spiro atoms. The van der Waals surface area contributed by atoms with Crippen LogP contribution >= 0.6 is 11.8 Å². The summed E-state index contributed by atoms with van der Waals surface area (Å²) in [6, 6.07) is 49.8. The number of benzene rings is 6. The van der Waals surface area contributed by atoms with Crippen molar-refractivity contribution in [2.75, 3.05) is 0 Å². The molecule has 7 aromatic rings. The molecule has 0 bridgehead atoms. The number of nitrogens with zero attached hydrogens (tertiary/aromatic N) is 3. The minimum atomic E-state index is -0.121. The highest BCUT2D eigenvalue weighted by Crippen LogP contribution is 2.51.